The topological polar surface area (TPSA) is 113 Å². The number of rotatable bonds is 10. The quantitative estimate of drug-likeness (QED) is 0.473. The minimum absolute atomic E-state index is 0.0451. The number of carbonyl (C=O) groups excluding carboxylic acids is 1. The van der Waals surface area contributed by atoms with Gasteiger partial charge >= 0.3 is 5.76 Å². The van der Waals surface area contributed by atoms with E-state index in [1.807, 2.05) is 10.8 Å². The highest BCUT2D eigenvalue weighted by Gasteiger charge is 2.13. The molecular weight excluding hydrogens is 426 g/mol. The Morgan fingerprint density at radius 2 is 2.13 bits per heavy atom. The molecule has 2 aromatic heterocycles. The first-order valence-electron chi connectivity index (χ1n) is 9.40. The first-order chi connectivity index (χ1) is 15.0. The number of carbonyl (C=O) groups is 1. The van der Waals surface area contributed by atoms with Crippen LogP contribution in [0.4, 0.5) is 0 Å². The highest BCUT2D eigenvalue weighted by Crippen LogP contribution is 2.37. The molecule has 0 aliphatic carbocycles. The van der Waals surface area contributed by atoms with Crippen molar-refractivity contribution in [2.45, 2.75) is 19.5 Å². The van der Waals surface area contributed by atoms with Crippen molar-refractivity contribution in [2.75, 3.05) is 20.8 Å². The van der Waals surface area contributed by atoms with Crippen LogP contribution in [0, 0.1) is 0 Å². The van der Waals surface area contributed by atoms with E-state index in [1.54, 1.807) is 30.7 Å². The zero-order valence-electron chi connectivity index (χ0n) is 17.1. The third kappa shape index (κ3) is 5.76. The molecule has 0 aliphatic heterocycles. The van der Waals surface area contributed by atoms with Crippen molar-refractivity contribution in [3.8, 4) is 11.5 Å². The second-order valence-corrected chi connectivity index (χ2v) is 6.78. The van der Waals surface area contributed by atoms with Crippen molar-refractivity contribution >= 4 is 29.7 Å². The van der Waals surface area contributed by atoms with Gasteiger partial charge in [-0.25, -0.2) is 9.78 Å². The predicted molar refractivity (Wildman–Crippen MR) is 114 cm³/mol. The van der Waals surface area contributed by atoms with Crippen LogP contribution < -0.4 is 20.5 Å². The Morgan fingerprint density at radius 1 is 1.29 bits per heavy atom. The number of aryl methyl sites for hydroxylation is 1. The molecule has 1 aromatic carbocycles. The molecule has 0 atom stereocenters. The maximum absolute atomic E-state index is 12.1. The SMILES string of the molecule is COc1ccc(/C=C/c2nn(CC(=O)NCCCn3ccnc3)c(=O)o2)c(Cl)c1OC. The molecule has 31 heavy (non-hydrogen) atoms. The number of ether oxygens (including phenoxy) is 2. The number of hydrogen-bond donors (Lipinski definition) is 1. The molecule has 164 valence electrons. The fourth-order valence-electron chi connectivity index (χ4n) is 2.78. The molecule has 0 saturated carbocycles. The smallest absolute Gasteiger partial charge is 0.437 e. The van der Waals surface area contributed by atoms with Gasteiger partial charge in [-0.05, 0) is 30.2 Å². The molecule has 1 N–H and O–H groups in total. The van der Waals surface area contributed by atoms with Crippen molar-refractivity contribution in [1.82, 2.24) is 24.6 Å². The number of aromatic nitrogens is 4. The average Bonchev–Trinajstić information content (AvgIpc) is 3.40. The van der Waals surface area contributed by atoms with Gasteiger partial charge in [0, 0.05) is 31.6 Å². The Labute approximate surface area is 183 Å². The average molecular weight is 448 g/mol. The van der Waals surface area contributed by atoms with Gasteiger partial charge in [0.1, 0.15) is 6.54 Å². The van der Waals surface area contributed by atoms with Crippen molar-refractivity contribution in [3.63, 3.8) is 0 Å². The zero-order chi connectivity index (χ0) is 22.2. The summed E-state index contributed by atoms with van der Waals surface area (Å²) in [6, 6.07) is 3.43. The second-order valence-electron chi connectivity index (χ2n) is 6.41. The van der Waals surface area contributed by atoms with E-state index in [0.29, 0.717) is 28.6 Å². The number of nitrogens with zero attached hydrogens (tertiary/aromatic N) is 4. The first-order valence-corrected chi connectivity index (χ1v) is 9.78. The Bertz CT molecular complexity index is 1100. The summed E-state index contributed by atoms with van der Waals surface area (Å²) in [5, 5.41) is 7.10. The van der Waals surface area contributed by atoms with Gasteiger partial charge < -0.3 is 23.8 Å². The second kappa shape index (κ2) is 10.5. The summed E-state index contributed by atoms with van der Waals surface area (Å²) in [7, 11) is 3.00. The molecule has 1 amide bonds. The Hall–Kier alpha value is -3.53. The van der Waals surface area contributed by atoms with E-state index < -0.39 is 5.76 Å². The van der Waals surface area contributed by atoms with E-state index in [9.17, 15) is 9.59 Å². The summed E-state index contributed by atoms with van der Waals surface area (Å²) in [6.45, 7) is 0.963. The number of benzene rings is 1. The van der Waals surface area contributed by atoms with Crippen LogP contribution in [0.25, 0.3) is 12.2 Å². The fraction of sp³-hybridized carbons (Fsp3) is 0.300. The minimum atomic E-state index is -0.730. The van der Waals surface area contributed by atoms with Gasteiger partial charge in [-0.15, -0.1) is 5.10 Å². The lowest BCUT2D eigenvalue weighted by Crippen LogP contribution is -2.32. The lowest BCUT2D eigenvalue weighted by Gasteiger charge is -2.10. The Morgan fingerprint density at radius 3 is 2.84 bits per heavy atom. The van der Waals surface area contributed by atoms with E-state index in [1.165, 1.54) is 20.3 Å². The highest BCUT2D eigenvalue weighted by atomic mass is 35.5. The predicted octanol–water partition coefficient (Wildman–Crippen LogP) is 2.08. The number of nitrogens with one attached hydrogen (secondary N) is 1. The number of amides is 1. The van der Waals surface area contributed by atoms with Crippen LogP contribution in [0.5, 0.6) is 11.5 Å². The molecule has 10 nitrogen and oxygen atoms in total. The molecule has 11 heteroatoms. The van der Waals surface area contributed by atoms with E-state index in [-0.39, 0.29) is 18.3 Å². The van der Waals surface area contributed by atoms with E-state index in [4.69, 9.17) is 25.5 Å². The summed E-state index contributed by atoms with van der Waals surface area (Å²) in [5.41, 5.74) is 0.618. The molecule has 3 aromatic rings. The van der Waals surface area contributed by atoms with Crippen LogP contribution in [0.2, 0.25) is 5.02 Å². The van der Waals surface area contributed by atoms with Gasteiger partial charge in [0.05, 0.1) is 25.6 Å². The maximum atomic E-state index is 12.1. The highest BCUT2D eigenvalue weighted by molar-refractivity contribution is 6.33. The lowest BCUT2D eigenvalue weighted by molar-refractivity contribution is -0.121. The minimum Gasteiger partial charge on any atom is -0.493 e. The molecule has 0 aliphatic rings. The number of methoxy groups -OCH3 is 2. The van der Waals surface area contributed by atoms with Crippen molar-refractivity contribution in [2.24, 2.45) is 0 Å². The summed E-state index contributed by atoms with van der Waals surface area (Å²) < 4.78 is 18.4. The third-order valence-electron chi connectivity index (χ3n) is 4.31. The molecule has 0 fully saturated rings. The van der Waals surface area contributed by atoms with Crippen LogP contribution in [-0.2, 0) is 17.9 Å². The molecule has 0 radical (unpaired) electrons. The van der Waals surface area contributed by atoms with Crippen LogP contribution in [0.1, 0.15) is 17.9 Å². The van der Waals surface area contributed by atoms with Crippen molar-refractivity contribution < 1.29 is 18.7 Å². The van der Waals surface area contributed by atoms with Crippen molar-refractivity contribution in [1.29, 1.82) is 0 Å². The Kier molecular flexibility index (Phi) is 7.50. The molecule has 0 spiro atoms. The number of hydrogen-bond acceptors (Lipinski definition) is 7. The normalized spacial score (nSPS) is 11.1. The van der Waals surface area contributed by atoms with E-state index in [0.717, 1.165) is 17.6 Å². The van der Waals surface area contributed by atoms with Crippen LogP contribution >= 0.6 is 11.6 Å². The number of imidazole rings is 1. The monoisotopic (exact) mass is 447 g/mol. The molecule has 0 bridgehead atoms. The number of halogens is 1. The third-order valence-corrected chi connectivity index (χ3v) is 4.70. The largest absolute Gasteiger partial charge is 0.493 e. The summed E-state index contributed by atoms with van der Waals surface area (Å²) in [5.74, 6) is -0.130. The van der Waals surface area contributed by atoms with Gasteiger partial charge in [-0.1, -0.05) is 11.6 Å². The fourth-order valence-corrected chi connectivity index (χ4v) is 3.08. The van der Waals surface area contributed by atoms with E-state index >= 15 is 0 Å². The molecule has 0 unspecified atom stereocenters. The maximum Gasteiger partial charge on any atom is 0.437 e. The first kappa shape index (κ1) is 22.2. The molecule has 2 heterocycles. The van der Waals surface area contributed by atoms with Gasteiger partial charge in [0.15, 0.2) is 11.5 Å². The summed E-state index contributed by atoms with van der Waals surface area (Å²) in [4.78, 5) is 28.0. The summed E-state index contributed by atoms with van der Waals surface area (Å²) >= 11 is 6.33. The molecule has 3 rings (SSSR count). The molecule has 0 saturated heterocycles. The standard InChI is InChI=1S/C20H22ClN5O5/c1-29-15-6-4-14(18(21)19(15)30-2)5-7-17-24-26(20(28)31-17)12-16(27)23-8-3-10-25-11-9-22-13-25/h4-7,9,11,13H,3,8,10,12H2,1-2H3,(H,23,27)/b7-5+. The van der Waals surface area contributed by atoms with Crippen molar-refractivity contribution in [3.05, 3.63) is 57.9 Å². The van der Waals surface area contributed by atoms with Gasteiger partial charge in [-0.3, -0.25) is 4.79 Å². The van der Waals surface area contributed by atoms with Gasteiger partial charge in [0.25, 0.3) is 0 Å². The zero-order valence-corrected chi connectivity index (χ0v) is 17.8. The summed E-state index contributed by atoms with van der Waals surface area (Å²) in [6.07, 6.45) is 9.09. The van der Waals surface area contributed by atoms with Gasteiger partial charge in [0.2, 0.25) is 11.8 Å². The van der Waals surface area contributed by atoms with Crippen LogP contribution in [0.15, 0.2) is 40.1 Å². The van der Waals surface area contributed by atoms with Crippen LogP contribution in [-0.4, -0.2) is 46.0 Å². The van der Waals surface area contributed by atoms with Crippen LogP contribution in [0.3, 0.4) is 0 Å². The van der Waals surface area contributed by atoms with E-state index in [2.05, 4.69) is 15.4 Å². The van der Waals surface area contributed by atoms with Gasteiger partial charge in [-0.2, -0.15) is 4.68 Å². The lowest BCUT2D eigenvalue weighted by atomic mass is 10.2. The Balaban J connectivity index is 1.58. The molecular formula is C20H22ClN5O5.